The highest BCUT2D eigenvalue weighted by molar-refractivity contribution is 5.46. The minimum atomic E-state index is -0.435. The zero-order valence-corrected chi connectivity index (χ0v) is 10.4. The molecule has 2 rings (SSSR count). The van der Waals surface area contributed by atoms with Crippen LogP contribution in [0.25, 0.3) is 0 Å². The highest BCUT2D eigenvalue weighted by atomic mass is 19.1. The molecule has 0 saturated heterocycles. The second-order valence-corrected chi connectivity index (χ2v) is 4.11. The lowest BCUT2D eigenvalue weighted by molar-refractivity contribution is 0.587. The summed E-state index contributed by atoms with van der Waals surface area (Å²) in [6.07, 6.45) is 2.62. The van der Waals surface area contributed by atoms with Gasteiger partial charge in [-0.15, -0.1) is 0 Å². The summed E-state index contributed by atoms with van der Waals surface area (Å²) in [7, 11) is 1.83. The molecule has 1 heterocycles. The molecule has 96 valence electrons. The van der Waals surface area contributed by atoms with Crippen LogP contribution in [0.1, 0.15) is 18.2 Å². The number of nitrogens with zero attached hydrogens (tertiary/aromatic N) is 2. The Balaban J connectivity index is 2.13. The van der Waals surface area contributed by atoms with Gasteiger partial charge in [0.25, 0.3) is 0 Å². The molecule has 0 amide bonds. The Morgan fingerprint density at radius 1 is 1.33 bits per heavy atom. The third kappa shape index (κ3) is 2.67. The number of rotatable bonds is 4. The highest BCUT2D eigenvalue weighted by Crippen LogP contribution is 2.16. The minimum absolute atomic E-state index is 0.238. The summed E-state index contributed by atoms with van der Waals surface area (Å²) in [5.74, 6) is -0.846. The molecule has 3 nitrogen and oxygen atoms in total. The molecule has 0 unspecified atom stereocenters. The van der Waals surface area contributed by atoms with Crippen LogP contribution in [0, 0.1) is 11.6 Å². The zero-order chi connectivity index (χ0) is 13.1. The average molecular weight is 251 g/mol. The lowest BCUT2D eigenvalue weighted by atomic mass is 10.2. The van der Waals surface area contributed by atoms with E-state index >= 15 is 0 Å². The van der Waals surface area contributed by atoms with Gasteiger partial charge in [-0.25, -0.2) is 8.78 Å². The van der Waals surface area contributed by atoms with E-state index in [4.69, 9.17) is 0 Å². The van der Waals surface area contributed by atoms with Gasteiger partial charge in [-0.05, 0) is 24.6 Å². The third-order valence-electron chi connectivity index (χ3n) is 2.72. The van der Waals surface area contributed by atoms with E-state index in [0.717, 1.165) is 29.9 Å². The van der Waals surface area contributed by atoms with Gasteiger partial charge in [0.2, 0.25) is 0 Å². The average Bonchev–Trinajstić information content (AvgIpc) is 2.71. The fourth-order valence-electron chi connectivity index (χ4n) is 1.81. The van der Waals surface area contributed by atoms with Crippen LogP contribution in [0.4, 0.5) is 14.5 Å². The smallest absolute Gasteiger partial charge is 0.128 e. The molecule has 18 heavy (non-hydrogen) atoms. The predicted octanol–water partition coefficient (Wildman–Crippen LogP) is 2.87. The second kappa shape index (κ2) is 5.16. The van der Waals surface area contributed by atoms with Crippen molar-refractivity contribution in [1.29, 1.82) is 0 Å². The molecule has 0 spiro atoms. The Kier molecular flexibility index (Phi) is 3.60. The first-order valence-corrected chi connectivity index (χ1v) is 5.80. The number of aromatic nitrogens is 2. The van der Waals surface area contributed by atoms with E-state index < -0.39 is 11.6 Å². The summed E-state index contributed by atoms with van der Waals surface area (Å²) in [5.41, 5.74) is 2.07. The lowest BCUT2D eigenvalue weighted by Crippen LogP contribution is -2.03. The Bertz CT molecular complexity index is 549. The second-order valence-electron chi connectivity index (χ2n) is 4.11. The summed E-state index contributed by atoms with van der Waals surface area (Å²) < 4.78 is 28.1. The molecule has 0 aliphatic carbocycles. The van der Waals surface area contributed by atoms with Crippen molar-refractivity contribution in [3.8, 4) is 0 Å². The van der Waals surface area contributed by atoms with Crippen molar-refractivity contribution in [3.63, 3.8) is 0 Å². The number of benzene rings is 1. The van der Waals surface area contributed by atoms with Crippen LogP contribution in [-0.2, 0) is 20.0 Å². The van der Waals surface area contributed by atoms with Crippen molar-refractivity contribution in [1.82, 2.24) is 9.78 Å². The van der Waals surface area contributed by atoms with Gasteiger partial charge >= 0.3 is 0 Å². The minimum Gasteiger partial charge on any atom is -0.378 e. The standard InChI is InChI=1S/C13H15F2N3/c1-3-12-13(8-18(2)17-12)16-7-9-6-10(14)4-5-11(9)15/h4-6,8,16H,3,7H2,1-2H3. The zero-order valence-electron chi connectivity index (χ0n) is 10.4. The molecule has 1 N–H and O–H groups in total. The van der Waals surface area contributed by atoms with Crippen molar-refractivity contribution in [3.05, 3.63) is 47.3 Å². The predicted molar refractivity (Wildman–Crippen MR) is 66.3 cm³/mol. The van der Waals surface area contributed by atoms with Crippen LogP contribution in [-0.4, -0.2) is 9.78 Å². The molecule has 0 aliphatic rings. The van der Waals surface area contributed by atoms with Crippen molar-refractivity contribution in [2.75, 3.05) is 5.32 Å². The normalized spacial score (nSPS) is 10.7. The van der Waals surface area contributed by atoms with Gasteiger partial charge in [-0.3, -0.25) is 4.68 Å². The van der Waals surface area contributed by atoms with Gasteiger partial charge in [-0.2, -0.15) is 5.10 Å². The molecule has 2 aromatic rings. The summed E-state index contributed by atoms with van der Waals surface area (Å²) in [4.78, 5) is 0. The molecule has 0 atom stereocenters. The summed E-state index contributed by atoms with van der Waals surface area (Å²) in [6, 6.07) is 3.45. The van der Waals surface area contributed by atoms with E-state index in [1.165, 1.54) is 6.07 Å². The van der Waals surface area contributed by atoms with Crippen LogP contribution in [0.2, 0.25) is 0 Å². The van der Waals surface area contributed by atoms with E-state index in [2.05, 4.69) is 10.4 Å². The monoisotopic (exact) mass is 251 g/mol. The third-order valence-corrected chi connectivity index (χ3v) is 2.72. The first kappa shape index (κ1) is 12.5. The molecule has 0 fully saturated rings. The molecule has 0 saturated carbocycles. The number of hydrogen-bond acceptors (Lipinski definition) is 2. The quantitative estimate of drug-likeness (QED) is 0.905. The maximum absolute atomic E-state index is 13.4. The van der Waals surface area contributed by atoms with Crippen molar-refractivity contribution < 1.29 is 8.78 Å². The van der Waals surface area contributed by atoms with E-state index in [-0.39, 0.29) is 6.54 Å². The number of hydrogen-bond donors (Lipinski definition) is 1. The van der Waals surface area contributed by atoms with Crippen molar-refractivity contribution in [2.24, 2.45) is 7.05 Å². The maximum Gasteiger partial charge on any atom is 0.128 e. The largest absolute Gasteiger partial charge is 0.378 e. The molecule has 1 aromatic heterocycles. The highest BCUT2D eigenvalue weighted by Gasteiger charge is 2.07. The van der Waals surface area contributed by atoms with E-state index in [0.29, 0.717) is 5.56 Å². The topological polar surface area (TPSA) is 29.9 Å². The van der Waals surface area contributed by atoms with Crippen LogP contribution in [0.15, 0.2) is 24.4 Å². The van der Waals surface area contributed by atoms with E-state index in [1.54, 1.807) is 4.68 Å². The Morgan fingerprint density at radius 2 is 2.11 bits per heavy atom. The molecule has 0 radical (unpaired) electrons. The lowest BCUT2D eigenvalue weighted by Gasteiger charge is -2.06. The van der Waals surface area contributed by atoms with E-state index in [1.807, 2.05) is 20.2 Å². The summed E-state index contributed by atoms with van der Waals surface area (Å²) >= 11 is 0. The SMILES string of the molecule is CCc1nn(C)cc1NCc1cc(F)ccc1F. The van der Waals surface area contributed by atoms with Gasteiger partial charge in [-0.1, -0.05) is 6.92 Å². The maximum atomic E-state index is 13.4. The summed E-state index contributed by atoms with van der Waals surface area (Å²) in [5, 5.41) is 7.35. The van der Waals surface area contributed by atoms with E-state index in [9.17, 15) is 8.78 Å². The van der Waals surface area contributed by atoms with Gasteiger partial charge in [0.1, 0.15) is 11.6 Å². The van der Waals surface area contributed by atoms with Crippen molar-refractivity contribution in [2.45, 2.75) is 19.9 Å². The van der Waals surface area contributed by atoms with Crippen LogP contribution in [0.3, 0.4) is 0 Å². The molecule has 0 bridgehead atoms. The van der Waals surface area contributed by atoms with Crippen LogP contribution >= 0.6 is 0 Å². The van der Waals surface area contributed by atoms with Gasteiger partial charge in [0.15, 0.2) is 0 Å². The van der Waals surface area contributed by atoms with Crippen LogP contribution in [0.5, 0.6) is 0 Å². The van der Waals surface area contributed by atoms with Gasteiger partial charge < -0.3 is 5.32 Å². The van der Waals surface area contributed by atoms with Crippen molar-refractivity contribution >= 4 is 5.69 Å². The molecule has 0 aliphatic heterocycles. The molecule has 1 aromatic carbocycles. The Morgan fingerprint density at radius 3 is 2.83 bits per heavy atom. The number of anilines is 1. The van der Waals surface area contributed by atoms with Gasteiger partial charge in [0.05, 0.1) is 11.4 Å². The number of halogens is 2. The Hall–Kier alpha value is -1.91. The molecule has 5 heteroatoms. The first-order valence-electron chi connectivity index (χ1n) is 5.80. The number of aryl methyl sites for hydroxylation is 2. The molecular weight excluding hydrogens is 236 g/mol. The Labute approximate surface area is 104 Å². The fourth-order valence-corrected chi connectivity index (χ4v) is 1.81. The molecular formula is C13H15F2N3. The fraction of sp³-hybridized carbons (Fsp3) is 0.308. The number of nitrogens with one attached hydrogen (secondary N) is 1. The van der Waals surface area contributed by atoms with Crippen LogP contribution < -0.4 is 5.32 Å². The first-order chi connectivity index (χ1) is 8.60. The van der Waals surface area contributed by atoms with Gasteiger partial charge in [0, 0.05) is 25.4 Å². The summed E-state index contributed by atoms with van der Waals surface area (Å²) in [6.45, 7) is 2.23.